The highest BCUT2D eigenvalue weighted by Gasteiger charge is 2.31. The molecule has 0 unspecified atom stereocenters. The molecule has 0 N–H and O–H groups in total. The van der Waals surface area contributed by atoms with Crippen molar-refractivity contribution in [2.45, 2.75) is 40.0 Å². The van der Waals surface area contributed by atoms with Gasteiger partial charge in [0.1, 0.15) is 11.5 Å². The van der Waals surface area contributed by atoms with E-state index in [2.05, 4.69) is 6.92 Å². The van der Waals surface area contributed by atoms with Gasteiger partial charge in [0.15, 0.2) is 0 Å². The number of para-hydroxylation sites is 2. The Kier molecular flexibility index (Phi) is 6.89. The maximum Gasteiger partial charge on any atom is 0.587 e. The first-order chi connectivity index (χ1) is 11.5. The first kappa shape index (κ1) is 18.6. The lowest BCUT2D eigenvalue weighted by molar-refractivity contribution is 0.205. The summed E-state index contributed by atoms with van der Waals surface area (Å²) in [5, 5.41) is 0. The second kappa shape index (κ2) is 8.91. The van der Waals surface area contributed by atoms with Crippen molar-refractivity contribution >= 4 is 7.82 Å². The number of benzene rings is 2. The van der Waals surface area contributed by atoms with E-state index in [1.165, 1.54) is 0 Å². The molecule has 0 radical (unpaired) electrons. The highest BCUT2D eigenvalue weighted by Crippen LogP contribution is 2.50. The third-order valence-electron chi connectivity index (χ3n) is 3.60. The Hall–Kier alpha value is -1.77. The van der Waals surface area contributed by atoms with E-state index in [4.69, 9.17) is 13.6 Å². The van der Waals surface area contributed by atoms with Crippen molar-refractivity contribution in [2.75, 3.05) is 6.61 Å². The quantitative estimate of drug-likeness (QED) is 0.407. The minimum atomic E-state index is -3.76. The van der Waals surface area contributed by atoms with Gasteiger partial charge in [-0.25, -0.2) is 4.57 Å². The predicted octanol–water partition coefficient (Wildman–Crippen LogP) is 6.08. The predicted molar refractivity (Wildman–Crippen MR) is 96.7 cm³/mol. The summed E-state index contributed by atoms with van der Waals surface area (Å²) < 4.78 is 30.1. The molecule has 0 aliphatic rings. The van der Waals surface area contributed by atoms with Crippen LogP contribution < -0.4 is 9.05 Å². The fourth-order valence-electron chi connectivity index (χ4n) is 2.16. The van der Waals surface area contributed by atoms with Crippen molar-refractivity contribution in [3.63, 3.8) is 0 Å². The maximum absolute atomic E-state index is 13.2. The molecule has 0 aliphatic heterocycles. The van der Waals surface area contributed by atoms with Gasteiger partial charge in [-0.2, -0.15) is 0 Å². The summed E-state index contributed by atoms with van der Waals surface area (Å²) in [4.78, 5) is 0. The first-order valence-corrected chi connectivity index (χ1v) is 9.75. The van der Waals surface area contributed by atoms with Crippen molar-refractivity contribution in [1.29, 1.82) is 0 Å². The van der Waals surface area contributed by atoms with E-state index in [0.29, 0.717) is 18.1 Å². The third-order valence-corrected chi connectivity index (χ3v) is 4.94. The van der Waals surface area contributed by atoms with Gasteiger partial charge in [-0.15, -0.1) is 0 Å². The average molecular weight is 348 g/mol. The lowest BCUT2D eigenvalue weighted by Gasteiger charge is -2.20. The van der Waals surface area contributed by atoms with Gasteiger partial charge >= 0.3 is 7.82 Å². The SMILES string of the molecule is CCCCCOP(=O)(Oc1ccccc1C)Oc1ccccc1C. The van der Waals surface area contributed by atoms with Crippen molar-refractivity contribution in [1.82, 2.24) is 0 Å². The molecular formula is C19H25O4P. The normalized spacial score (nSPS) is 11.3. The molecule has 0 aliphatic carbocycles. The van der Waals surface area contributed by atoms with Crippen LogP contribution in [0.15, 0.2) is 48.5 Å². The zero-order chi connectivity index (χ0) is 17.4. The number of rotatable bonds is 9. The van der Waals surface area contributed by atoms with E-state index in [-0.39, 0.29) is 0 Å². The zero-order valence-corrected chi connectivity index (χ0v) is 15.4. The topological polar surface area (TPSA) is 44.8 Å². The molecule has 0 heterocycles. The van der Waals surface area contributed by atoms with Crippen LogP contribution in [0.2, 0.25) is 0 Å². The fourth-order valence-corrected chi connectivity index (χ4v) is 3.55. The van der Waals surface area contributed by atoms with Crippen LogP contribution in [0.25, 0.3) is 0 Å². The molecule has 2 aromatic carbocycles. The van der Waals surface area contributed by atoms with E-state index < -0.39 is 7.82 Å². The van der Waals surface area contributed by atoms with E-state index in [1.807, 2.05) is 50.2 Å². The second-order valence-corrected chi connectivity index (χ2v) is 7.22. The molecule has 0 saturated carbocycles. The summed E-state index contributed by atoms with van der Waals surface area (Å²) in [5.41, 5.74) is 1.76. The van der Waals surface area contributed by atoms with Crippen molar-refractivity contribution in [3.8, 4) is 11.5 Å². The molecule has 24 heavy (non-hydrogen) atoms. The molecule has 2 rings (SSSR count). The Bertz CT molecular complexity index is 648. The van der Waals surface area contributed by atoms with Crippen LogP contribution in [-0.4, -0.2) is 6.61 Å². The van der Waals surface area contributed by atoms with Crippen LogP contribution in [0.4, 0.5) is 0 Å². The average Bonchev–Trinajstić information content (AvgIpc) is 2.56. The molecule has 0 spiro atoms. The Labute approximate surface area is 144 Å². The minimum Gasteiger partial charge on any atom is -0.395 e. The third kappa shape index (κ3) is 5.40. The summed E-state index contributed by atoms with van der Waals surface area (Å²) in [6.07, 6.45) is 2.88. The monoisotopic (exact) mass is 348 g/mol. The number of unbranched alkanes of at least 4 members (excludes halogenated alkanes) is 2. The highest BCUT2D eigenvalue weighted by molar-refractivity contribution is 7.49. The van der Waals surface area contributed by atoms with Crippen molar-refractivity contribution < 1.29 is 18.1 Å². The number of hydrogen-bond acceptors (Lipinski definition) is 4. The van der Waals surface area contributed by atoms with Gasteiger partial charge in [-0.05, 0) is 43.5 Å². The van der Waals surface area contributed by atoms with Gasteiger partial charge in [0.25, 0.3) is 0 Å². The molecule has 0 amide bonds. The first-order valence-electron chi connectivity index (χ1n) is 8.29. The van der Waals surface area contributed by atoms with Gasteiger partial charge in [0.2, 0.25) is 0 Å². The number of phosphoric ester groups is 1. The standard InChI is InChI=1S/C19H25O4P/c1-4-5-10-15-21-24(20,22-18-13-8-6-11-16(18)2)23-19-14-9-7-12-17(19)3/h6-9,11-14H,4-5,10,15H2,1-3H3. The van der Waals surface area contributed by atoms with Crippen LogP contribution in [0.5, 0.6) is 11.5 Å². The van der Waals surface area contributed by atoms with Crippen LogP contribution in [0.3, 0.4) is 0 Å². The fraction of sp³-hybridized carbons (Fsp3) is 0.368. The van der Waals surface area contributed by atoms with E-state index in [1.54, 1.807) is 12.1 Å². The van der Waals surface area contributed by atoms with Gasteiger partial charge < -0.3 is 9.05 Å². The van der Waals surface area contributed by atoms with Crippen LogP contribution in [0, 0.1) is 13.8 Å². The summed E-state index contributed by atoms with van der Waals surface area (Å²) in [5.74, 6) is 1.01. The van der Waals surface area contributed by atoms with Gasteiger partial charge in [-0.1, -0.05) is 56.2 Å². The van der Waals surface area contributed by atoms with E-state index in [9.17, 15) is 4.57 Å². The molecule has 0 fully saturated rings. The molecule has 0 atom stereocenters. The lowest BCUT2D eigenvalue weighted by Crippen LogP contribution is -2.07. The zero-order valence-electron chi connectivity index (χ0n) is 14.5. The summed E-state index contributed by atoms with van der Waals surface area (Å²) in [7, 11) is -3.76. The minimum absolute atomic E-state index is 0.336. The van der Waals surface area contributed by atoms with Crippen LogP contribution in [0.1, 0.15) is 37.3 Å². The number of aryl methyl sites for hydroxylation is 2. The number of phosphoric acid groups is 1. The number of hydrogen-bond donors (Lipinski definition) is 0. The molecule has 0 bridgehead atoms. The molecule has 0 aromatic heterocycles. The molecule has 130 valence electrons. The van der Waals surface area contributed by atoms with Gasteiger partial charge in [-0.3, -0.25) is 4.52 Å². The Morgan fingerprint density at radius 2 is 1.33 bits per heavy atom. The van der Waals surface area contributed by atoms with Crippen LogP contribution in [-0.2, 0) is 9.09 Å². The molecular weight excluding hydrogens is 323 g/mol. The molecule has 2 aromatic rings. The van der Waals surface area contributed by atoms with Crippen LogP contribution >= 0.6 is 7.82 Å². The summed E-state index contributed by atoms with van der Waals surface area (Å²) >= 11 is 0. The molecule has 0 saturated heterocycles. The summed E-state index contributed by atoms with van der Waals surface area (Å²) in [6, 6.07) is 14.8. The Morgan fingerprint density at radius 3 is 1.79 bits per heavy atom. The Morgan fingerprint density at radius 1 is 0.833 bits per heavy atom. The molecule has 5 heteroatoms. The van der Waals surface area contributed by atoms with E-state index in [0.717, 1.165) is 30.4 Å². The van der Waals surface area contributed by atoms with E-state index >= 15 is 0 Å². The highest BCUT2D eigenvalue weighted by atomic mass is 31.2. The molecule has 4 nitrogen and oxygen atoms in total. The van der Waals surface area contributed by atoms with Gasteiger partial charge in [0.05, 0.1) is 6.61 Å². The van der Waals surface area contributed by atoms with Crippen molar-refractivity contribution in [3.05, 3.63) is 59.7 Å². The second-order valence-electron chi connectivity index (χ2n) is 5.70. The largest absolute Gasteiger partial charge is 0.587 e. The lowest BCUT2D eigenvalue weighted by atomic mass is 10.2. The summed E-state index contributed by atoms with van der Waals surface area (Å²) in [6.45, 7) is 6.23. The van der Waals surface area contributed by atoms with Gasteiger partial charge in [0, 0.05) is 0 Å². The smallest absolute Gasteiger partial charge is 0.395 e. The Balaban J connectivity index is 2.19. The maximum atomic E-state index is 13.2. The van der Waals surface area contributed by atoms with Crippen molar-refractivity contribution in [2.24, 2.45) is 0 Å².